The van der Waals surface area contributed by atoms with Crippen molar-refractivity contribution >= 4 is 23.1 Å². The summed E-state index contributed by atoms with van der Waals surface area (Å²) in [7, 11) is 0. The lowest BCUT2D eigenvalue weighted by atomic mass is 9.34. The molecule has 0 fully saturated rings. The second-order valence-corrected chi connectivity index (χ2v) is 7.28. The minimum Gasteiger partial charge on any atom is -0.216 e. The summed E-state index contributed by atoms with van der Waals surface area (Å²) in [5, 5.41) is 0. The molecule has 0 aliphatic carbocycles. The molecule has 3 aromatic rings. The van der Waals surface area contributed by atoms with Crippen molar-refractivity contribution in [2.24, 2.45) is 0 Å². The Morgan fingerprint density at radius 2 is 1.08 bits per heavy atom. The normalized spacial score (nSPS) is 10.9. The molecule has 3 rings (SSSR count). The van der Waals surface area contributed by atoms with Crippen molar-refractivity contribution in [2.45, 2.75) is 41.5 Å². The van der Waals surface area contributed by atoms with Crippen LogP contribution in [0.25, 0.3) is 0 Å². The smallest absolute Gasteiger partial charge is 0.166 e. The zero-order valence-electron chi connectivity index (χ0n) is 15.7. The molecule has 0 unspecified atom stereocenters. The van der Waals surface area contributed by atoms with Gasteiger partial charge in [-0.1, -0.05) is 68.6 Å². The van der Waals surface area contributed by atoms with Gasteiger partial charge in [-0.25, -0.2) is 11.5 Å². The van der Waals surface area contributed by atoms with E-state index in [-0.39, 0.29) is 0 Å². The van der Waals surface area contributed by atoms with Crippen molar-refractivity contribution in [3.8, 4) is 0 Å². The van der Waals surface area contributed by atoms with Crippen LogP contribution in [-0.4, -0.2) is 6.71 Å². The summed E-state index contributed by atoms with van der Waals surface area (Å²) in [5.41, 5.74) is 12.5. The third-order valence-electron chi connectivity index (χ3n) is 5.08. The monoisotopic (exact) mass is 313 g/mol. The van der Waals surface area contributed by atoms with Gasteiger partial charge in [-0.05, 0) is 41.5 Å². The largest absolute Gasteiger partial charge is 0.216 e. The first kappa shape index (κ1) is 16.7. The standard InChI is InChI=1S/C23H26B/c1-15-11-17(3)22(18(4)12-15)24(21-9-7-8-10-21)23-19(5)13-16(2)14-20(23)6/h7-14H,1-6H3/q-1. The lowest BCUT2D eigenvalue weighted by Gasteiger charge is -2.27. The van der Waals surface area contributed by atoms with Gasteiger partial charge in [-0.15, -0.1) is 0 Å². The Balaban J connectivity index is 2.32. The van der Waals surface area contributed by atoms with Gasteiger partial charge in [-0.2, -0.15) is 18.2 Å². The Labute approximate surface area is 147 Å². The summed E-state index contributed by atoms with van der Waals surface area (Å²) in [6, 6.07) is 18.1. The van der Waals surface area contributed by atoms with E-state index in [0.29, 0.717) is 6.71 Å². The molecule has 0 heterocycles. The maximum Gasteiger partial charge on any atom is 0.166 e. The van der Waals surface area contributed by atoms with Gasteiger partial charge in [0.1, 0.15) is 0 Å². The second-order valence-electron chi connectivity index (χ2n) is 7.28. The fourth-order valence-corrected chi connectivity index (χ4v) is 4.35. The summed E-state index contributed by atoms with van der Waals surface area (Å²) in [6.07, 6.45) is 0. The highest BCUT2D eigenvalue weighted by Gasteiger charge is 2.23. The minimum absolute atomic E-state index is 0.307. The van der Waals surface area contributed by atoms with E-state index in [4.69, 9.17) is 0 Å². The van der Waals surface area contributed by atoms with Crippen LogP contribution in [0, 0.1) is 41.5 Å². The van der Waals surface area contributed by atoms with Crippen molar-refractivity contribution in [1.29, 1.82) is 0 Å². The second kappa shape index (κ2) is 6.40. The number of hydrogen-bond donors (Lipinski definition) is 0. The highest BCUT2D eigenvalue weighted by atomic mass is 14.1. The lowest BCUT2D eigenvalue weighted by Crippen LogP contribution is -2.55. The van der Waals surface area contributed by atoms with Gasteiger partial charge in [0, 0.05) is 0 Å². The molecule has 122 valence electrons. The molecular weight excluding hydrogens is 287 g/mol. The van der Waals surface area contributed by atoms with Crippen LogP contribution in [-0.2, 0) is 0 Å². The van der Waals surface area contributed by atoms with Crippen LogP contribution in [0.5, 0.6) is 0 Å². The maximum absolute atomic E-state index is 2.32. The van der Waals surface area contributed by atoms with E-state index >= 15 is 0 Å². The summed E-state index contributed by atoms with van der Waals surface area (Å²) >= 11 is 0. The summed E-state index contributed by atoms with van der Waals surface area (Å²) in [5.74, 6) is 0. The third-order valence-corrected chi connectivity index (χ3v) is 5.08. The lowest BCUT2D eigenvalue weighted by molar-refractivity contribution is 1.34. The molecule has 0 atom stereocenters. The van der Waals surface area contributed by atoms with E-state index in [2.05, 4.69) is 90.1 Å². The van der Waals surface area contributed by atoms with Gasteiger partial charge < -0.3 is 0 Å². The van der Waals surface area contributed by atoms with Crippen molar-refractivity contribution in [3.05, 3.63) is 81.9 Å². The molecule has 24 heavy (non-hydrogen) atoms. The highest BCUT2D eigenvalue weighted by molar-refractivity contribution is 6.96. The Morgan fingerprint density at radius 1 is 0.667 bits per heavy atom. The number of rotatable bonds is 3. The molecule has 3 aromatic carbocycles. The number of benzene rings is 2. The predicted molar refractivity (Wildman–Crippen MR) is 108 cm³/mol. The van der Waals surface area contributed by atoms with Crippen LogP contribution in [0.4, 0.5) is 0 Å². The third kappa shape index (κ3) is 2.96. The SMILES string of the molecule is Cc1cc(C)c(B(c2cc[cH-]c2)c2c(C)cc(C)cc2C)c(C)c1. The summed E-state index contributed by atoms with van der Waals surface area (Å²) in [6.45, 7) is 13.7. The molecule has 0 saturated heterocycles. The maximum atomic E-state index is 2.32. The number of hydrogen-bond acceptors (Lipinski definition) is 0. The van der Waals surface area contributed by atoms with Gasteiger partial charge in [0.25, 0.3) is 0 Å². The van der Waals surface area contributed by atoms with E-state index < -0.39 is 0 Å². The highest BCUT2D eigenvalue weighted by Crippen LogP contribution is 2.12. The average Bonchev–Trinajstić information content (AvgIpc) is 2.97. The first-order valence-electron chi connectivity index (χ1n) is 8.75. The molecular formula is C23H26B-. The molecule has 0 amide bonds. The van der Waals surface area contributed by atoms with Crippen molar-refractivity contribution < 1.29 is 0 Å². The first-order chi connectivity index (χ1) is 11.4. The molecule has 0 aromatic heterocycles. The van der Waals surface area contributed by atoms with Gasteiger partial charge in [0.2, 0.25) is 0 Å². The molecule has 0 spiro atoms. The molecule has 0 radical (unpaired) electrons. The molecule has 0 aliphatic heterocycles. The summed E-state index contributed by atoms with van der Waals surface area (Å²) in [4.78, 5) is 0. The van der Waals surface area contributed by atoms with E-state index in [1.54, 1.807) is 0 Å². The fourth-order valence-electron chi connectivity index (χ4n) is 4.35. The zero-order chi connectivity index (χ0) is 17.4. The van der Waals surface area contributed by atoms with Gasteiger partial charge >= 0.3 is 0 Å². The zero-order valence-corrected chi connectivity index (χ0v) is 15.7. The minimum atomic E-state index is 0.307. The van der Waals surface area contributed by atoms with E-state index in [9.17, 15) is 0 Å². The Morgan fingerprint density at radius 3 is 1.42 bits per heavy atom. The van der Waals surface area contributed by atoms with E-state index in [0.717, 1.165) is 0 Å². The summed E-state index contributed by atoms with van der Waals surface area (Å²) < 4.78 is 0. The molecule has 0 nitrogen and oxygen atoms in total. The van der Waals surface area contributed by atoms with E-state index in [1.165, 1.54) is 49.8 Å². The van der Waals surface area contributed by atoms with Crippen molar-refractivity contribution in [3.63, 3.8) is 0 Å². The van der Waals surface area contributed by atoms with Crippen LogP contribution >= 0.6 is 0 Å². The first-order valence-corrected chi connectivity index (χ1v) is 8.75. The molecule has 1 heteroatoms. The van der Waals surface area contributed by atoms with Gasteiger partial charge in [-0.3, -0.25) is 0 Å². The molecule has 0 N–H and O–H groups in total. The van der Waals surface area contributed by atoms with Crippen LogP contribution in [0.3, 0.4) is 0 Å². The van der Waals surface area contributed by atoms with E-state index in [1.807, 2.05) is 0 Å². The van der Waals surface area contributed by atoms with Crippen LogP contribution in [0.2, 0.25) is 0 Å². The predicted octanol–water partition coefficient (Wildman–Crippen LogP) is 3.77. The van der Waals surface area contributed by atoms with Gasteiger partial charge in [0.15, 0.2) is 6.71 Å². The molecule has 0 saturated carbocycles. The molecule has 0 aliphatic rings. The van der Waals surface area contributed by atoms with Gasteiger partial charge in [0.05, 0.1) is 0 Å². The quantitative estimate of drug-likeness (QED) is 0.510. The topological polar surface area (TPSA) is 0 Å². The average molecular weight is 313 g/mol. The van der Waals surface area contributed by atoms with Crippen LogP contribution < -0.4 is 16.4 Å². The Kier molecular flexibility index (Phi) is 4.45. The number of aryl methyl sites for hydroxylation is 6. The Bertz CT molecular complexity index is 766. The fraction of sp³-hybridized carbons (Fsp3) is 0.261. The van der Waals surface area contributed by atoms with Crippen LogP contribution in [0.1, 0.15) is 33.4 Å². The van der Waals surface area contributed by atoms with Crippen LogP contribution in [0.15, 0.2) is 48.5 Å². The van der Waals surface area contributed by atoms with Crippen molar-refractivity contribution in [2.75, 3.05) is 0 Å². The van der Waals surface area contributed by atoms with Crippen molar-refractivity contribution in [1.82, 2.24) is 0 Å². The molecule has 0 bridgehead atoms. The Hall–Kier alpha value is -2.15.